The minimum absolute atomic E-state index is 0.0677. The SMILES string of the molecule is COc1ccc(CN2CCCN(C(=O)NC3CCN(c4ccc(C#N)cc4)CC3)CC2)cc1. The molecule has 0 aromatic heterocycles. The molecule has 0 bridgehead atoms. The Morgan fingerprint density at radius 3 is 2.39 bits per heavy atom. The zero-order chi connectivity index (χ0) is 23.0. The Hall–Kier alpha value is -3.24. The first-order valence-corrected chi connectivity index (χ1v) is 11.8. The molecule has 0 aliphatic carbocycles. The number of urea groups is 1. The maximum absolute atomic E-state index is 12.9. The molecule has 2 aromatic rings. The second-order valence-corrected chi connectivity index (χ2v) is 8.83. The van der Waals surface area contributed by atoms with Crippen LogP contribution in [0.15, 0.2) is 48.5 Å². The van der Waals surface area contributed by atoms with Crippen molar-refractivity contribution in [2.24, 2.45) is 0 Å². The Kier molecular flexibility index (Phi) is 7.69. The number of anilines is 1. The molecule has 2 aliphatic rings. The van der Waals surface area contributed by atoms with Crippen LogP contribution in [0.3, 0.4) is 0 Å². The first kappa shape index (κ1) is 22.9. The topological polar surface area (TPSA) is 71.8 Å². The number of nitrogens with one attached hydrogen (secondary N) is 1. The van der Waals surface area contributed by atoms with Gasteiger partial charge in [0, 0.05) is 57.5 Å². The van der Waals surface area contributed by atoms with Gasteiger partial charge in [-0.15, -0.1) is 0 Å². The highest BCUT2D eigenvalue weighted by molar-refractivity contribution is 5.74. The number of carbonyl (C=O) groups is 1. The third kappa shape index (κ3) is 6.17. The second-order valence-electron chi connectivity index (χ2n) is 8.83. The minimum atomic E-state index is 0.0677. The third-order valence-electron chi connectivity index (χ3n) is 6.63. The molecule has 7 heteroatoms. The number of carbonyl (C=O) groups excluding carboxylic acids is 1. The van der Waals surface area contributed by atoms with Crippen LogP contribution in [0.5, 0.6) is 5.75 Å². The maximum Gasteiger partial charge on any atom is 0.317 e. The van der Waals surface area contributed by atoms with Gasteiger partial charge in [0.2, 0.25) is 0 Å². The standard InChI is InChI=1S/C26H33N5O2/c1-33-25-9-5-22(6-10-25)20-29-13-2-14-31(18-17-29)26(32)28-23-11-15-30(16-12-23)24-7-3-21(19-27)4-8-24/h3-10,23H,2,11-18,20H2,1H3,(H,28,32). The van der Waals surface area contributed by atoms with Crippen molar-refractivity contribution in [1.29, 1.82) is 5.26 Å². The van der Waals surface area contributed by atoms with Crippen LogP contribution in [0.4, 0.5) is 10.5 Å². The van der Waals surface area contributed by atoms with E-state index in [4.69, 9.17) is 10.00 Å². The fraction of sp³-hybridized carbons (Fsp3) is 0.462. The number of ether oxygens (including phenoxy) is 1. The second kappa shape index (κ2) is 11.1. The molecule has 0 spiro atoms. The summed E-state index contributed by atoms with van der Waals surface area (Å²) in [6.45, 7) is 6.16. The third-order valence-corrected chi connectivity index (χ3v) is 6.63. The molecule has 2 fully saturated rings. The van der Waals surface area contributed by atoms with E-state index in [0.29, 0.717) is 5.56 Å². The van der Waals surface area contributed by atoms with Gasteiger partial charge in [0.15, 0.2) is 0 Å². The Bertz CT molecular complexity index is 946. The van der Waals surface area contributed by atoms with Crippen LogP contribution in [0.1, 0.15) is 30.4 Å². The Labute approximate surface area is 196 Å². The van der Waals surface area contributed by atoms with Gasteiger partial charge in [0.1, 0.15) is 5.75 Å². The van der Waals surface area contributed by atoms with Gasteiger partial charge in [-0.2, -0.15) is 5.26 Å². The van der Waals surface area contributed by atoms with Gasteiger partial charge in [-0.25, -0.2) is 4.79 Å². The Morgan fingerprint density at radius 2 is 1.73 bits per heavy atom. The number of amides is 2. The van der Waals surface area contributed by atoms with Crippen molar-refractivity contribution < 1.29 is 9.53 Å². The molecule has 2 aliphatic heterocycles. The average molecular weight is 448 g/mol. The fourth-order valence-corrected chi connectivity index (χ4v) is 4.62. The molecular weight excluding hydrogens is 414 g/mol. The summed E-state index contributed by atoms with van der Waals surface area (Å²) in [7, 11) is 1.68. The highest BCUT2D eigenvalue weighted by Gasteiger charge is 2.24. The molecule has 2 heterocycles. The van der Waals surface area contributed by atoms with Crippen molar-refractivity contribution in [1.82, 2.24) is 15.1 Å². The summed E-state index contributed by atoms with van der Waals surface area (Å²) in [5.41, 5.74) is 3.09. The number of nitrogens with zero attached hydrogens (tertiary/aromatic N) is 4. The molecule has 2 aromatic carbocycles. The van der Waals surface area contributed by atoms with Gasteiger partial charge < -0.3 is 19.9 Å². The molecule has 33 heavy (non-hydrogen) atoms. The van der Waals surface area contributed by atoms with Gasteiger partial charge >= 0.3 is 6.03 Å². The minimum Gasteiger partial charge on any atom is -0.497 e. The number of rotatable bonds is 5. The number of hydrogen-bond donors (Lipinski definition) is 1. The lowest BCUT2D eigenvalue weighted by molar-refractivity contribution is 0.191. The van der Waals surface area contributed by atoms with E-state index < -0.39 is 0 Å². The zero-order valence-corrected chi connectivity index (χ0v) is 19.4. The van der Waals surface area contributed by atoms with Crippen molar-refractivity contribution in [3.8, 4) is 11.8 Å². The number of nitriles is 1. The van der Waals surface area contributed by atoms with Gasteiger partial charge in [-0.05, 0) is 61.2 Å². The molecule has 174 valence electrons. The smallest absolute Gasteiger partial charge is 0.317 e. The predicted octanol–water partition coefficient (Wildman–Crippen LogP) is 3.45. The van der Waals surface area contributed by atoms with Crippen LogP contribution >= 0.6 is 0 Å². The number of methoxy groups -OCH3 is 1. The molecule has 1 N–H and O–H groups in total. The number of hydrogen-bond acceptors (Lipinski definition) is 5. The summed E-state index contributed by atoms with van der Waals surface area (Å²) in [6, 6.07) is 18.4. The number of piperidine rings is 1. The maximum atomic E-state index is 12.9. The molecule has 2 amide bonds. The first-order chi connectivity index (χ1) is 16.1. The summed E-state index contributed by atoms with van der Waals surface area (Å²) in [5, 5.41) is 12.2. The van der Waals surface area contributed by atoms with Gasteiger partial charge in [-0.1, -0.05) is 12.1 Å². The van der Waals surface area contributed by atoms with Crippen molar-refractivity contribution in [3.05, 3.63) is 59.7 Å². The van der Waals surface area contributed by atoms with Crippen LogP contribution in [0, 0.1) is 11.3 Å². The fourth-order valence-electron chi connectivity index (χ4n) is 4.62. The van der Waals surface area contributed by atoms with Crippen molar-refractivity contribution in [2.75, 3.05) is 51.3 Å². The van der Waals surface area contributed by atoms with Crippen LogP contribution in [-0.2, 0) is 6.54 Å². The molecule has 0 atom stereocenters. The number of benzene rings is 2. The van der Waals surface area contributed by atoms with Crippen LogP contribution in [0.25, 0.3) is 0 Å². The van der Waals surface area contributed by atoms with Gasteiger partial charge in [0.25, 0.3) is 0 Å². The average Bonchev–Trinajstić information content (AvgIpc) is 3.11. The Morgan fingerprint density at radius 1 is 1.00 bits per heavy atom. The predicted molar refractivity (Wildman–Crippen MR) is 129 cm³/mol. The summed E-state index contributed by atoms with van der Waals surface area (Å²) in [4.78, 5) is 19.6. The highest BCUT2D eigenvalue weighted by Crippen LogP contribution is 2.21. The van der Waals surface area contributed by atoms with Gasteiger partial charge in [0.05, 0.1) is 18.7 Å². The summed E-state index contributed by atoms with van der Waals surface area (Å²) in [5.74, 6) is 0.875. The quantitative estimate of drug-likeness (QED) is 0.760. The molecule has 0 radical (unpaired) electrons. The molecule has 4 rings (SSSR count). The van der Waals surface area contributed by atoms with E-state index in [-0.39, 0.29) is 12.1 Å². The molecular formula is C26H33N5O2. The van der Waals surface area contributed by atoms with E-state index >= 15 is 0 Å². The molecule has 0 saturated carbocycles. The van der Waals surface area contributed by atoms with Crippen LogP contribution < -0.4 is 15.0 Å². The van der Waals surface area contributed by atoms with E-state index in [9.17, 15) is 4.79 Å². The molecule has 7 nitrogen and oxygen atoms in total. The molecule has 0 unspecified atom stereocenters. The van der Waals surface area contributed by atoms with E-state index in [1.807, 2.05) is 41.3 Å². The normalized spacial score (nSPS) is 17.8. The monoisotopic (exact) mass is 447 g/mol. The highest BCUT2D eigenvalue weighted by atomic mass is 16.5. The Balaban J connectivity index is 1.21. The zero-order valence-electron chi connectivity index (χ0n) is 19.4. The van der Waals surface area contributed by atoms with Crippen LogP contribution in [-0.4, -0.2) is 68.3 Å². The van der Waals surface area contributed by atoms with E-state index in [2.05, 4.69) is 33.3 Å². The summed E-state index contributed by atoms with van der Waals surface area (Å²) in [6.07, 6.45) is 2.85. The van der Waals surface area contributed by atoms with Crippen molar-refractivity contribution in [3.63, 3.8) is 0 Å². The largest absolute Gasteiger partial charge is 0.497 e. The van der Waals surface area contributed by atoms with E-state index in [1.165, 1.54) is 5.56 Å². The van der Waals surface area contributed by atoms with Crippen LogP contribution in [0.2, 0.25) is 0 Å². The van der Waals surface area contributed by atoms with E-state index in [1.54, 1.807) is 7.11 Å². The van der Waals surface area contributed by atoms with Crippen molar-refractivity contribution in [2.45, 2.75) is 31.8 Å². The van der Waals surface area contributed by atoms with Gasteiger partial charge in [-0.3, -0.25) is 4.90 Å². The lowest BCUT2D eigenvalue weighted by atomic mass is 10.0. The lowest BCUT2D eigenvalue weighted by Gasteiger charge is -2.35. The van der Waals surface area contributed by atoms with Crippen molar-refractivity contribution >= 4 is 11.7 Å². The first-order valence-electron chi connectivity index (χ1n) is 11.8. The van der Waals surface area contributed by atoms with E-state index in [0.717, 1.165) is 76.5 Å². The summed E-state index contributed by atoms with van der Waals surface area (Å²) < 4.78 is 5.24. The molecule has 2 saturated heterocycles. The lowest BCUT2D eigenvalue weighted by Crippen LogP contribution is -2.50. The summed E-state index contributed by atoms with van der Waals surface area (Å²) >= 11 is 0.